The Balaban J connectivity index is 2.64. The third-order valence-corrected chi connectivity index (χ3v) is 5.15. The number of hydrogen-bond donors (Lipinski definition) is 2. The second-order valence-electron chi connectivity index (χ2n) is 6.94. The van der Waals surface area contributed by atoms with Crippen LogP contribution in [0.25, 0.3) is 0 Å². The third-order valence-electron chi connectivity index (χ3n) is 4.83. The Morgan fingerprint density at radius 2 is 1.83 bits per heavy atom. The fourth-order valence-corrected chi connectivity index (χ4v) is 3.03. The largest absolute Gasteiger partial charge is 0.336 e. The molecule has 1 aliphatic carbocycles. The number of azo groups is 1. The van der Waals surface area contributed by atoms with Gasteiger partial charge in [0.1, 0.15) is 5.66 Å². The predicted octanol–water partition coefficient (Wildman–Crippen LogP) is 4.53. The summed E-state index contributed by atoms with van der Waals surface area (Å²) in [6.07, 6.45) is 10.5. The summed E-state index contributed by atoms with van der Waals surface area (Å²) >= 11 is 5.55. The topological polar surface area (TPSA) is 66.0 Å². The van der Waals surface area contributed by atoms with E-state index in [1.165, 1.54) is 32.1 Å². The molecule has 1 fully saturated rings. The summed E-state index contributed by atoms with van der Waals surface area (Å²) in [5, 5.41) is 14.5. The van der Waals surface area contributed by atoms with Gasteiger partial charge in [0.15, 0.2) is 5.11 Å². The first-order valence-electron chi connectivity index (χ1n) is 9.20. The maximum atomic E-state index is 6.31. The molecule has 0 aromatic rings. The maximum absolute atomic E-state index is 6.31. The second-order valence-corrected chi connectivity index (χ2v) is 7.32. The first-order chi connectivity index (χ1) is 10.9. The van der Waals surface area contributed by atoms with E-state index in [1.807, 2.05) is 6.92 Å². The van der Waals surface area contributed by atoms with Crippen molar-refractivity contribution in [1.82, 2.24) is 10.3 Å². The van der Waals surface area contributed by atoms with E-state index in [-0.39, 0.29) is 6.04 Å². The lowest BCUT2D eigenvalue weighted by molar-refractivity contribution is 0.249. The highest BCUT2D eigenvalue weighted by atomic mass is 32.1. The molecule has 1 saturated carbocycles. The summed E-state index contributed by atoms with van der Waals surface area (Å²) in [7, 11) is 0. The van der Waals surface area contributed by atoms with Crippen molar-refractivity contribution in [3.63, 3.8) is 0 Å². The van der Waals surface area contributed by atoms with Crippen molar-refractivity contribution >= 4 is 17.3 Å². The monoisotopic (exact) mass is 341 g/mol. The zero-order valence-corrected chi connectivity index (χ0v) is 16.2. The van der Waals surface area contributed by atoms with E-state index in [0.29, 0.717) is 11.2 Å². The van der Waals surface area contributed by atoms with Gasteiger partial charge < -0.3 is 5.32 Å². The Labute approximate surface area is 147 Å². The molecule has 0 radical (unpaired) electrons. The van der Waals surface area contributed by atoms with Crippen LogP contribution < -0.4 is 11.2 Å². The number of nitrogens with one attached hydrogen (secondary N) is 1. The van der Waals surface area contributed by atoms with E-state index in [9.17, 15) is 0 Å². The lowest BCUT2D eigenvalue weighted by atomic mass is 9.96. The number of nitrogens with two attached hydrogens (primary N) is 1. The van der Waals surface area contributed by atoms with Gasteiger partial charge in [-0.1, -0.05) is 46.0 Å². The summed E-state index contributed by atoms with van der Waals surface area (Å²) in [4.78, 5) is 0. The molecular weight excluding hydrogens is 306 g/mol. The van der Waals surface area contributed by atoms with Gasteiger partial charge in [0, 0.05) is 6.04 Å². The van der Waals surface area contributed by atoms with E-state index in [1.54, 1.807) is 5.01 Å². The molecule has 1 rings (SSSR count). The molecule has 0 aromatic heterocycles. The number of rotatable bonds is 6. The lowest BCUT2D eigenvalue weighted by Gasteiger charge is -2.34. The summed E-state index contributed by atoms with van der Waals surface area (Å²) in [6.45, 7) is 8.29. The Kier molecular flexibility index (Phi) is 8.99. The summed E-state index contributed by atoms with van der Waals surface area (Å²) < 4.78 is 0. The van der Waals surface area contributed by atoms with E-state index in [0.717, 1.165) is 25.7 Å². The Morgan fingerprint density at radius 3 is 2.35 bits per heavy atom. The van der Waals surface area contributed by atoms with Crippen molar-refractivity contribution in [1.29, 1.82) is 0 Å². The summed E-state index contributed by atoms with van der Waals surface area (Å²) in [5.74, 6) is 6.31. The van der Waals surface area contributed by atoms with Gasteiger partial charge in [0.2, 0.25) is 0 Å². The van der Waals surface area contributed by atoms with Crippen molar-refractivity contribution in [2.75, 3.05) is 0 Å². The van der Waals surface area contributed by atoms with Gasteiger partial charge in [-0.05, 0) is 51.7 Å². The molecule has 23 heavy (non-hydrogen) atoms. The molecule has 0 amide bonds. The van der Waals surface area contributed by atoms with Crippen molar-refractivity contribution in [3.05, 3.63) is 0 Å². The molecule has 3 N–H and O–H groups in total. The van der Waals surface area contributed by atoms with Gasteiger partial charge in [0.05, 0.1) is 6.04 Å². The van der Waals surface area contributed by atoms with Gasteiger partial charge in [-0.25, -0.2) is 5.84 Å². The van der Waals surface area contributed by atoms with E-state index in [4.69, 9.17) is 18.1 Å². The van der Waals surface area contributed by atoms with Crippen molar-refractivity contribution in [2.45, 2.75) is 103 Å². The van der Waals surface area contributed by atoms with Gasteiger partial charge >= 0.3 is 0 Å². The van der Waals surface area contributed by atoms with Crippen LogP contribution >= 0.6 is 12.2 Å². The summed E-state index contributed by atoms with van der Waals surface area (Å²) in [6, 6.07) is 0.568. The summed E-state index contributed by atoms with van der Waals surface area (Å²) in [5.41, 5.74) is -0.486. The zero-order valence-electron chi connectivity index (χ0n) is 15.3. The number of hydrogen-bond acceptors (Lipinski definition) is 4. The lowest BCUT2D eigenvalue weighted by Crippen LogP contribution is -2.56. The Bertz CT molecular complexity index is 379. The number of nitrogens with zero attached hydrogens (tertiary/aromatic N) is 3. The van der Waals surface area contributed by atoms with E-state index >= 15 is 0 Å². The molecule has 0 saturated heterocycles. The third kappa shape index (κ3) is 7.12. The average molecular weight is 342 g/mol. The molecule has 0 bridgehead atoms. The number of thiocarbonyl (C=S) groups is 1. The van der Waals surface area contributed by atoms with Gasteiger partial charge in [-0.2, -0.15) is 10.2 Å². The van der Waals surface area contributed by atoms with E-state index < -0.39 is 5.66 Å². The fourth-order valence-electron chi connectivity index (χ4n) is 2.67. The highest BCUT2D eigenvalue weighted by Gasteiger charge is 2.26. The van der Waals surface area contributed by atoms with Gasteiger partial charge in [-0.3, -0.25) is 5.01 Å². The standard InChI is InChI=1S/C17H35N5S/c1-5-14(3)20-21-17(4,6-2)19-16(23)22(18)15-12-10-8-7-9-11-13-15/h14-15H,5-13,18H2,1-4H3,(H,19,23). The minimum Gasteiger partial charge on any atom is -0.336 e. The van der Waals surface area contributed by atoms with Crippen LogP contribution in [-0.2, 0) is 0 Å². The van der Waals surface area contributed by atoms with Crippen LogP contribution in [0.1, 0.15) is 85.5 Å². The first kappa shape index (κ1) is 20.3. The number of hydrazine groups is 1. The molecular formula is C17H35N5S. The van der Waals surface area contributed by atoms with Crippen LogP contribution in [0.5, 0.6) is 0 Å². The molecule has 134 valence electrons. The molecule has 5 nitrogen and oxygen atoms in total. The molecule has 0 spiro atoms. The van der Waals surface area contributed by atoms with Crippen LogP contribution in [0, 0.1) is 0 Å². The Morgan fingerprint density at radius 1 is 1.26 bits per heavy atom. The molecule has 6 heteroatoms. The minimum atomic E-state index is -0.486. The highest BCUT2D eigenvalue weighted by molar-refractivity contribution is 7.80. The minimum absolute atomic E-state index is 0.232. The van der Waals surface area contributed by atoms with Crippen molar-refractivity contribution < 1.29 is 0 Å². The highest BCUT2D eigenvalue weighted by Crippen LogP contribution is 2.21. The van der Waals surface area contributed by atoms with Crippen LogP contribution in [0.2, 0.25) is 0 Å². The van der Waals surface area contributed by atoms with Crippen LogP contribution in [0.3, 0.4) is 0 Å². The zero-order chi connectivity index (χ0) is 17.3. The molecule has 1 aliphatic rings. The van der Waals surface area contributed by atoms with Crippen LogP contribution in [0.4, 0.5) is 0 Å². The van der Waals surface area contributed by atoms with Crippen molar-refractivity contribution in [3.8, 4) is 0 Å². The van der Waals surface area contributed by atoms with E-state index in [2.05, 4.69) is 36.3 Å². The van der Waals surface area contributed by atoms with Gasteiger partial charge in [0.25, 0.3) is 0 Å². The van der Waals surface area contributed by atoms with Gasteiger partial charge in [-0.15, -0.1) is 0 Å². The van der Waals surface area contributed by atoms with Crippen LogP contribution in [0.15, 0.2) is 10.2 Å². The maximum Gasteiger partial charge on any atom is 0.185 e. The van der Waals surface area contributed by atoms with Crippen LogP contribution in [-0.4, -0.2) is 27.9 Å². The average Bonchev–Trinajstić information content (AvgIpc) is 2.51. The quantitative estimate of drug-likeness (QED) is 0.322. The SMILES string of the molecule is CCC(C)N=NC(C)(CC)NC(=S)N(N)C1CCCCCCC1. The first-order valence-corrected chi connectivity index (χ1v) is 9.60. The normalized spacial score (nSPS) is 21.3. The molecule has 2 unspecified atom stereocenters. The molecule has 0 heterocycles. The predicted molar refractivity (Wildman–Crippen MR) is 101 cm³/mol. The second kappa shape index (κ2) is 10.2. The Hall–Kier alpha value is -0.750. The smallest absolute Gasteiger partial charge is 0.185 e. The molecule has 2 atom stereocenters. The fraction of sp³-hybridized carbons (Fsp3) is 0.941. The van der Waals surface area contributed by atoms with Crippen molar-refractivity contribution in [2.24, 2.45) is 16.1 Å². The molecule has 0 aliphatic heterocycles. The molecule has 0 aromatic carbocycles.